The van der Waals surface area contributed by atoms with Crippen molar-refractivity contribution in [1.82, 2.24) is 0 Å². The number of hydrogen-bond donors (Lipinski definition) is 2. The summed E-state index contributed by atoms with van der Waals surface area (Å²) in [5, 5.41) is 9.08. The Hall–Kier alpha value is -2.75. The summed E-state index contributed by atoms with van der Waals surface area (Å²) < 4.78 is 19.6. The largest absolute Gasteiger partial charge is 0.508 e. The van der Waals surface area contributed by atoms with Crippen molar-refractivity contribution in [3.8, 4) is 22.8 Å². The van der Waals surface area contributed by atoms with Crippen LogP contribution in [0.15, 0.2) is 57.7 Å². The zero-order valence-corrected chi connectivity index (χ0v) is 9.75. The maximum absolute atomic E-state index is 12.2. The van der Waals surface area contributed by atoms with E-state index < -0.39 is 0 Å². The number of benzene rings is 2. The fraction of sp³-hybridized carbons (Fsp3) is 0. The average molecular weight is 256 g/mol. The van der Waals surface area contributed by atoms with Gasteiger partial charge in [0.2, 0.25) is 0 Å². The molecule has 0 aliphatic carbocycles. The molecule has 0 fully saturated rings. The molecule has 0 unspecified atom stereocenters. The zero-order valence-electron chi connectivity index (χ0n) is 11.8. The molecule has 0 radical (unpaired) electrons. The first-order valence-electron chi connectivity index (χ1n) is 6.48. The van der Waals surface area contributed by atoms with Crippen LogP contribution in [0.2, 0.25) is 0 Å². The first kappa shape index (κ1) is 9.22. The first-order valence-corrected chi connectivity index (χ1v) is 5.66. The standard InChI is InChI=1S/C15H10O4/c16-10-4-1-3-9(7-10)14-8-12(18)15-11(17)5-2-6-13(15)19-14/h1-8,16-17H/i/hD2. The predicted molar refractivity (Wildman–Crippen MR) is 71.2 cm³/mol. The minimum atomic E-state index is -0.300. The highest BCUT2D eigenvalue weighted by Crippen LogP contribution is 2.27. The Bertz CT molecular complexity index is 858. The molecule has 0 atom stereocenters. The van der Waals surface area contributed by atoms with Crippen LogP contribution in [0.25, 0.3) is 22.3 Å². The van der Waals surface area contributed by atoms with E-state index in [1.54, 1.807) is 36.4 Å². The van der Waals surface area contributed by atoms with Crippen LogP contribution in [-0.4, -0.2) is 13.1 Å². The van der Waals surface area contributed by atoms with Gasteiger partial charge in [-0.3, -0.25) is 4.79 Å². The number of rotatable bonds is 3. The van der Waals surface area contributed by atoms with Crippen LogP contribution in [0.5, 0.6) is 11.5 Å². The zero-order chi connectivity index (χ0) is 14.8. The summed E-state index contributed by atoms with van der Waals surface area (Å²) in [5.74, 6) is 0.850. The Labute approximate surface area is 111 Å². The first-order chi connectivity index (χ1) is 10.2. The second-order valence-corrected chi connectivity index (χ2v) is 4.13. The normalized spacial score (nSPS) is 11.8. The van der Waals surface area contributed by atoms with Crippen LogP contribution >= 0.6 is 0 Å². The summed E-state index contributed by atoms with van der Waals surface area (Å²) in [7, 11) is 0. The van der Waals surface area contributed by atoms with Crippen LogP contribution in [0.4, 0.5) is 0 Å². The van der Waals surface area contributed by atoms with Gasteiger partial charge in [-0.05, 0) is 24.3 Å². The molecule has 4 nitrogen and oxygen atoms in total. The summed E-state index contributed by atoms with van der Waals surface area (Å²) in [6, 6.07) is 12.8. The van der Waals surface area contributed by atoms with Crippen molar-refractivity contribution in [3.05, 3.63) is 58.8 Å². The van der Waals surface area contributed by atoms with Gasteiger partial charge in [0.25, 0.3) is 2.86 Å². The van der Waals surface area contributed by atoms with Gasteiger partial charge in [-0.2, -0.15) is 0 Å². The minimum absolute atomic E-state index is 0.149. The third-order valence-electron chi connectivity index (χ3n) is 2.84. The monoisotopic (exact) mass is 256 g/mol. The Morgan fingerprint density at radius 3 is 2.79 bits per heavy atom. The van der Waals surface area contributed by atoms with E-state index in [0.717, 1.165) is 0 Å². The highest BCUT2D eigenvalue weighted by Gasteiger charge is 2.10. The number of phenols is 2. The van der Waals surface area contributed by atoms with Crippen molar-refractivity contribution in [2.45, 2.75) is 0 Å². The Balaban J connectivity index is 2.23. The molecule has 1 heterocycles. The van der Waals surface area contributed by atoms with Crippen LogP contribution < -0.4 is 5.43 Å². The number of hydrogen-bond acceptors (Lipinski definition) is 4. The van der Waals surface area contributed by atoms with E-state index in [1.807, 2.05) is 0 Å². The van der Waals surface area contributed by atoms with Gasteiger partial charge in [-0.1, -0.05) is 18.2 Å². The van der Waals surface area contributed by atoms with Crippen LogP contribution in [0.1, 0.15) is 0 Å². The molecule has 0 saturated carbocycles. The van der Waals surface area contributed by atoms with E-state index in [-0.39, 0.29) is 16.6 Å². The number of aromatic hydroxyl groups is 2. The Morgan fingerprint density at radius 1 is 1.05 bits per heavy atom. The quantitative estimate of drug-likeness (QED) is 0.755. The van der Waals surface area contributed by atoms with Gasteiger partial charge in [-0.25, -0.2) is 0 Å². The maximum atomic E-state index is 12.2. The van der Waals surface area contributed by atoms with Crippen LogP contribution in [0, 0.1) is 0 Å². The molecule has 0 bridgehead atoms. The molecular weight excluding hydrogens is 244 g/mol. The molecule has 3 rings (SSSR count). The topological polar surface area (TPSA) is 70.7 Å². The molecule has 2 N–H and O–H groups in total. The molecule has 2 aromatic carbocycles. The third kappa shape index (κ3) is 1.93. The fourth-order valence-electron chi connectivity index (χ4n) is 1.97. The summed E-state index contributed by atoms with van der Waals surface area (Å²) in [6.07, 6.45) is 0. The van der Waals surface area contributed by atoms with Crippen molar-refractivity contribution in [3.63, 3.8) is 0 Å². The third-order valence-corrected chi connectivity index (χ3v) is 2.84. The SMILES string of the molecule is [2H]Oc1cccc(-c2cc(=O)c3c(O[2H])cccc3o2)c1. The lowest BCUT2D eigenvalue weighted by molar-refractivity contribution is 0.475. The molecule has 0 saturated heterocycles. The molecule has 3 aromatic rings. The lowest BCUT2D eigenvalue weighted by Gasteiger charge is -2.04. The van der Waals surface area contributed by atoms with Gasteiger partial charge in [0.05, 0.1) is 0 Å². The molecule has 0 aliphatic rings. The number of fused-ring (bicyclic) bond motifs is 1. The molecule has 0 spiro atoms. The second kappa shape index (κ2) is 4.17. The van der Waals surface area contributed by atoms with Crippen molar-refractivity contribution in [2.24, 2.45) is 0 Å². The summed E-state index contributed by atoms with van der Waals surface area (Å²) in [5.41, 5.74) is 0.654. The highest BCUT2D eigenvalue weighted by atomic mass is 16.3. The van der Waals surface area contributed by atoms with Gasteiger partial charge in [-0.15, -0.1) is 0 Å². The molecular formula is C15H10O4. The summed E-state index contributed by atoms with van der Waals surface area (Å²) >= 11 is 0. The summed E-state index contributed by atoms with van der Waals surface area (Å²) in [4.78, 5) is 12.2. The van der Waals surface area contributed by atoms with Crippen molar-refractivity contribution >= 4 is 11.0 Å². The van der Waals surface area contributed by atoms with E-state index in [4.69, 9.17) is 7.28 Å². The van der Waals surface area contributed by atoms with Crippen LogP contribution in [-0.2, 0) is 0 Å². The van der Waals surface area contributed by atoms with Crippen LogP contribution in [0.3, 0.4) is 0 Å². The van der Waals surface area contributed by atoms with E-state index in [9.17, 15) is 4.79 Å². The van der Waals surface area contributed by atoms with Gasteiger partial charge in [0, 0.05) is 11.6 Å². The van der Waals surface area contributed by atoms with Gasteiger partial charge in [0.15, 0.2) is 5.43 Å². The highest BCUT2D eigenvalue weighted by molar-refractivity contribution is 5.84. The van der Waals surface area contributed by atoms with Gasteiger partial charge >= 0.3 is 0 Å². The Kier molecular flexibility index (Phi) is 2.02. The van der Waals surface area contributed by atoms with E-state index >= 15 is 0 Å². The predicted octanol–water partition coefficient (Wildman–Crippen LogP) is 2.87. The lowest BCUT2D eigenvalue weighted by Crippen LogP contribution is -2.00. The molecule has 19 heavy (non-hydrogen) atoms. The number of phenolic OH excluding ortho intramolecular Hbond substituents is 2. The fourth-order valence-corrected chi connectivity index (χ4v) is 1.97. The van der Waals surface area contributed by atoms with Crippen molar-refractivity contribution in [2.75, 3.05) is 0 Å². The van der Waals surface area contributed by atoms with Gasteiger partial charge in [0.1, 0.15) is 28.2 Å². The second-order valence-electron chi connectivity index (χ2n) is 4.13. The smallest absolute Gasteiger partial charge is 0.293 e. The van der Waals surface area contributed by atoms with Crippen molar-refractivity contribution < 1.29 is 14.6 Å². The molecule has 1 aromatic heterocycles. The molecule has 4 heteroatoms. The average Bonchev–Trinajstić information content (AvgIpc) is 2.54. The van der Waals surface area contributed by atoms with Gasteiger partial charge < -0.3 is 14.6 Å². The Morgan fingerprint density at radius 2 is 1.95 bits per heavy atom. The minimum Gasteiger partial charge on any atom is -0.508 e. The summed E-state index contributed by atoms with van der Waals surface area (Å²) in [6.45, 7) is 0. The lowest BCUT2D eigenvalue weighted by atomic mass is 10.1. The van der Waals surface area contributed by atoms with Crippen molar-refractivity contribution in [1.29, 1.82) is 2.86 Å². The maximum Gasteiger partial charge on any atom is 0.293 e. The van der Waals surface area contributed by atoms with E-state index in [1.165, 1.54) is 12.1 Å². The van der Waals surface area contributed by atoms with E-state index in [2.05, 4.69) is 10.2 Å². The molecule has 0 amide bonds. The molecule has 0 aliphatic heterocycles. The molecule has 94 valence electrons. The van der Waals surface area contributed by atoms with E-state index in [0.29, 0.717) is 22.7 Å².